The molecular weight excluding hydrogens is 544 g/mol. The summed E-state index contributed by atoms with van der Waals surface area (Å²) in [5, 5.41) is 7.82. The Hall–Kier alpha value is -2.65. The van der Waals surface area contributed by atoms with E-state index in [0.29, 0.717) is 40.3 Å². The number of halogens is 1. The molecule has 0 aliphatic carbocycles. The molecule has 0 radical (unpaired) electrons. The molecule has 2 aromatic heterocycles. The van der Waals surface area contributed by atoms with Gasteiger partial charge in [0.05, 0.1) is 24.5 Å². The van der Waals surface area contributed by atoms with Gasteiger partial charge in [0.1, 0.15) is 28.8 Å². The van der Waals surface area contributed by atoms with Crippen molar-refractivity contribution in [2.75, 3.05) is 30.4 Å². The molecule has 1 saturated heterocycles. The number of sulfonamides is 1. The third kappa shape index (κ3) is 5.62. The number of anilines is 1. The maximum atomic E-state index is 13.5. The average molecular weight is 573 g/mol. The van der Waals surface area contributed by atoms with E-state index in [1.54, 1.807) is 32.0 Å². The fraction of sp³-hybridized carbons (Fsp3) is 0.455. The summed E-state index contributed by atoms with van der Waals surface area (Å²) in [6.07, 6.45) is 3.28. The molecule has 1 aromatic carbocycles. The molecule has 0 saturated carbocycles. The lowest BCUT2D eigenvalue weighted by molar-refractivity contribution is 0.390. The van der Waals surface area contributed by atoms with Gasteiger partial charge in [0.15, 0.2) is 0 Å². The van der Waals surface area contributed by atoms with E-state index in [1.807, 2.05) is 0 Å². The van der Waals surface area contributed by atoms with Crippen molar-refractivity contribution in [2.24, 2.45) is 0 Å². The SMILES string of the molecule is COc1cccc(OC)c1-n1c(NS(=O)(=O)[C@@H](C)[C@H](C)c2ncc(Cl)cn2)nnc1[C@H]1CCS(O)(O)C1. The van der Waals surface area contributed by atoms with E-state index in [1.165, 1.54) is 31.2 Å². The molecule has 0 bridgehead atoms. The monoisotopic (exact) mass is 572 g/mol. The minimum Gasteiger partial charge on any atom is -0.494 e. The number of hydrogen-bond acceptors (Lipinski definition) is 10. The highest BCUT2D eigenvalue weighted by Gasteiger charge is 2.37. The Balaban J connectivity index is 1.78. The van der Waals surface area contributed by atoms with Gasteiger partial charge in [-0.2, -0.15) is 10.6 Å². The zero-order chi connectivity index (χ0) is 27.0. The maximum absolute atomic E-state index is 13.5. The second-order valence-electron chi connectivity index (χ2n) is 8.79. The largest absolute Gasteiger partial charge is 0.494 e. The quantitative estimate of drug-likeness (QED) is 0.343. The molecule has 12 nitrogen and oxygen atoms in total. The van der Waals surface area contributed by atoms with E-state index < -0.39 is 31.8 Å². The van der Waals surface area contributed by atoms with Crippen LogP contribution in [-0.2, 0) is 10.0 Å². The van der Waals surface area contributed by atoms with Gasteiger partial charge in [0, 0.05) is 35.7 Å². The minimum atomic E-state index is -4.04. The van der Waals surface area contributed by atoms with Crippen molar-refractivity contribution in [1.29, 1.82) is 0 Å². The summed E-state index contributed by atoms with van der Waals surface area (Å²) in [6.45, 7) is 3.25. The molecular formula is C22H29ClN6O6S2. The molecule has 0 amide bonds. The van der Waals surface area contributed by atoms with Crippen LogP contribution in [0.5, 0.6) is 11.5 Å². The predicted molar refractivity (Wildman–Crippen MR) is 142 cm³/mol. The Labute approximate surface area is 221 Å². The van der Waals surface area contributed by atoms with Crippen LogP contribution in [0.25, 0.3) is 5.69 Å². The maximum Gasteiger partial charge on any atom is 0.243 e. The lowest BCUT2D eigenvalue weighted by atomic mass is 10.1. The molecule has 3 atom stereocenters. The van der Waals surface area contributed by atoms with Crippen LogP contribution in [0, 0.1) is 0 Å². The fourth-order valence-corrected chi connectivity index (χ4v) is 7.30. The first-order chi connectivity index (χ1) is 17.5. The van der Waals surface area contributed by atoms with Gasteiger partial charge < -0.3 is 9.47 Å². The Morgan fingerprint density at radius 1 is 1.14 bits per heavy atom. The van der Waals surface area contributed by atoms with Crippen molar-refractivity contribution in [2.45, 2.75) is 37.4 Å². The van der Waals surface area contributed by atoms with Gasteiger partial charge in [0.2, 0.25) is 16.0 Å². The molecule has 3 aromatic rings. The van der Waals surface area contributed by atoms with E-state index in [-0.39, 0.29) is 23.4 Å². The van der Waals surface area contributed by atoms with Crippen LogP contribution in [0.1, 0.15) is 43.8 Å². The van der Waals surface area contributed by atoms with E-state index in [2.05, 4.69) is 24.9 Å². The number of ether oxygens (including phenoxy) is 2. The smallest absolute Gasteiger partial charge is 0.243 e. The van der Waals surface area contributed by atoms with E-state index in [4.69, 9.17) is 21.1 Å². The second-order valence-corrected chi connectivity index (χ2v) is 13.6. The molecule has 4 rings (SSSR count). The molecule has 3 N–H and O–H groups in total. The van der Waals surface area contributed by atoms with Crippen molar-refractivity contribution in [3.8, 4) is 17.2 Å². The van der Waals surface area contributed by atoms with Crippen LogP contribution in [0.15, 0.2) is 30.6 Å². The van der Waals surface area contributed by atoms with Gasteiger partial charge in [-0.1, -0.05) is 24.6 Å². The zero-order valence-corrected chi connectivity index (χ0v) is 23.1. The number of nitrogens with zero attached hydrogens (tertiary/aromatic N) is 5. The number of methoxy groups -OCH3 is 2. The van der Waals surface area contributed by atoms with Crippen LogP contribution in [0.3, 0.4) is 0 Å². The molecule has 0 spiro atoms. The van der Waals surface area contributed by atoms with Crippen molar-refractivity contribution in [3.05, 3.63) is 47.3 Å². The lowest BCUT2D eigenvalue weighted by Crippen LogP contribution is -2.31. The third-order valence-electron chi connectivity index (χ3n) is 6.41. The highest BCUT2D eigenvalue weighted by molar-refractivity contribution is 8.24. The van der Waals surface area contributed by atoms with Crippen LogP contribution in [0.2, 0.25) is 5.02 Å². The van der Waals surface area contributed by atoms with Crippen LogP contribution >= 0.6 is 22.2 Å². The molecule has 3 heterocycles. The Bertz CT molecular complexity index is 1350. The van der Waals surface area contributed by atoms with Gasteiger partial charge >= 0.3 is 0 Å². The molecule has 37 heavy (non-hydrogen) atoms. The van der Waals surface area contributed by atoms with E-state index >= 15 is 0 Å². The molecule has 202 valence electrons. The average Bonchev–Trinajstić information content (AvgIpc) is 3.44. The number of hydrogen-bond donors (Lipinski definition) is 3. The number of nitrogens with one attached hydrogen (secondary N) is 1. The summed E-state index contributed by atoms with van der Waals surface area (Å²) in [4.78, 5) is 8.31. The van der Waals surface area contributed by atoms with Gasteiger partial charge in [-0.25, -0.2) is 18.4 Å². The van der Waals surface area contributed by atoms with Crippen molar-refractivity contribution >= 4 is 38.2 Å². The topological polar surface area (TPSA) is 162 Å². The molecule has 1 aliphatic rings. The van der Waals surface area contributed by atoms with E-state index in [0.717, 1.165) is 0 Å². The molecule has 1 aliphatic heterocycles. The Kier molecular flexibility index (Phi) is 7.85. The standard InChI is InChI=1S/C22H29ClN6O6S2/c1-13(20-24-10-16(23)11-25-20)14(2)37(32,33)28-22-27-26-21(15-8-9-36(30,31)12-15)29(22)19-17(34-3)6-5-7-18(19)35-4/h5-7,10-11,13-15,30-31H,8-9,12H2,1-4H3,(H,27,28)/t13-,14-,15-/m0/s1. The third-order valence-corrected chi connectivity index (χ3v) is 10.3. The van der Waals surface area contributed by atoms with Crippen molar-refractivity contribution < 1.29 is 27.0 Å². The Morgan fingerprint density at radius 2 is 1.76 bits per heavy atom. The highest BCUT2D eigenvalue weighted by atomic mass is 35.5. The summed E-state index contributed by atoms with van der Waals surface area (Å²) in [5.74, 6) is 0.756. The van der Waals surface area contributed by atoms with Gasteiger partial charge in [0.25, 0.3) is 0 Å². The second kappa shape index (κ2) is 10.6. The van der Waals surface area contributed by atoms with E-state index in [9.17, 15) is 17.5 Å². The molecule has 15 heteroatoms. The van der Waals surface area contributed by atoms with Gasteiger partial charge in [-0.3, -0.25) is 18.4 Å². The number of rotatable bonds is 9. The summed E-state index contributed by atoms with van der Waals surface area (Å²) in [5.41, 5.74) is 0.385. The highest BCUT2D eigenvalue weighted by Crippen LogP contribution is 2.52. The first-order valence-corrected chi connectivity index (χ1v) is 15.2. The number of aromatic nitrogens is 5. The predicted octanol–water partition coefficient (Wildman–Crippen LogP) is 3.90. The minimum absolute atomic E-state index is 0.0859. The van der Waals surface area contributed by atoms with Gasteiger partial charge in [-0.05, 0) is 25.5 Å². The fourth-order valence-electron chi connectivity index (χ4n) is 4.18. The lowest BCUT2D eigenvalue weighted by Gasteiger charge is -2.26. The van der Waals surface area contributed by atoms with Gasteiger partial charge in [-0.15, -0.1) is 10.2 Å². The van der Waals surface area contributed by atoms with Crippen LogP contribution < -0.4 is 14.2 Å². The van der Waals surface area contributed by atoms with Crippen LogP contribution in [-0.4, -0.2) is 73.2 Å². The summed E-state index contributed by atoms with van der Waals surface area (Å²) < 4.78 is 62.7. The number of para-hydroxylation sites is 1. The molecule has 0 unspecified atom stereocenters. The first-order valence-electron chi connectivity index (χ1n) is 11.4. The summed E-state index contributed by atoms with van der Waals surface area (Å²) >= 11 is 5.87. The van der Waals surface area contributed by atoms with Crippen molar-refractivity contribution in [1.82, 2.24) is 24.7 Å². The van der Waals surface area contributed by atoms with Crippen molar-refractivity contribution in [3.63, 3.8) is 0 Å². The van der Waals surface area contributed by atoms with Crippen LogP contribution in [0.4, 0.5) is 5.95 Å². The first kappa shape index (κ1) is 27.4. The summed E-state index contributed by atoms with van der Waals surface area (Å²) in [7, 11) is -3.84. The Morgan fingerprint density at radius 3 is 2.30 bits per heavy atom. The normalized spacial score (nSPS) is 19.7. The zero-order valence-electron chi connectivity index (χ0n) is 20.7. The number of benzene rings is 1. The molecule has 1 fully saturated rings. The summed E-state index contributed by atoms with van der Waals surface area (Å²) in [6, 6.07) is 5.13.